The Hall–Kier alpha value is -3.80. The van der Waals surface area contributed by atoms with Crippen LogP contribution in [0.15, 0.2) is 66.7 Å². The van der Waals surface area contributed by atoms with Crippen LogP contribution < -0.4 is 4.74 Å². The lowest BCUT2D eigenvalue weighted by atomic mass is 9.78. The van der Waals surface area contributed by atoms with E-state index in [1.165, 1.54) is 4.90 Å². The first-order valence-corrected chi connectivity index (χ1v) is 11.6. The van der Waals surface area contributed by atoms with E-state index in [1.807, 2.05) is 36.4 Å². The zero-order valence-corrected chi connectivity index (χ0v) is 20.5. The van der Waals surface area contributed by atoms with Crippen LogP contribution in [0.25, 0.3) is 0 Å². The minimum Gasteiger partial charge on any atom is -0.508 e. The molecule has 1 heterocycles. The van der Waals surface area contributed by atoms with Gasteiger partial charge in [-0.05, 0) is 51.9 Å². The lowest BCUT2D eigenvalue weighted by Gasteiger charge is -2.45. The van der Waals surface area contributed by atoms with Crippen molar-refractivity contribution < 1.29 is 24.5 Å². The molecule has 1 unspecified atom stereocenters. The second kappa shape index (κ2) is 9.10. The van der Waals surface area contributed by atoms with E-state index in [2.05, 4.69) is 20.8 Å². The summed E-state index contributed by atoms with van der Waals surface area (Å²) in [6.45, 7) is 6.27. The molecule has 182 valence electrons. The summed E-state index contributed by atoms with van der Waals surface area (Å²) < 4.78 is 5.60. The second-order valence-electron chi connectivity index (χ2n) is 10.2. The molecule has 0 spiro atoms. The molecule has 0 saturated heterocycles. The van der Waals surface area contributed by atoms with Gasteiger partial charge in [-0.25, -0.2) is 4.79 Å². The first-order chi connectivity index (χ1) is 16.5. The largest absolute Gasteiger partial charge is 0.508 e. The molecule has 0 radical (unpaired) electrons. The molecule has 3 aromatic carbocycles. The number of carboxylic acids is 1. The van der Waals surface area contributed by atoms with E-state index in [0.29, 0.717) is 11.3 Å². The number of rotatable bonds is 5. The average molecular weight is 474 g/mol. The number of ether oxygens (including phenoxy) is 1. The molecule has 4 rings (SSSR count). The van der Waals surface area contributed by atoms with Crippen LogP contribution >= 0.6 is 0 Å². The molecule has 0 fully saturated rings. The van der Waals surface area contributed by atoms with Crippen LogP contribution in [-0.4, -0.2) is 39.6 Å². The quantitative estimate of drug-likeness (QED) is 0.547. The summed E-state index contributed by atoms with van der Waals surface area (Å²) in [7, 11) is 1.57. The molecule has 0 aliphatic carbocycles. The van der Waals surface area contributed by atoms with Crippen molar-refractivity contribution in [1.82, 2.24) is 4.90 Å². The van der Waals surface area contributed by atoms with Crippen LogP contribution in [0, 0.1) is 0 Å². The van der Waals surface area contributed by atoms with Crippen molar-refractivity contribution >= 4 is 11.9 Å². The topological polar surface area (TPSA) is 87.1 Å². The van der Waals surface area contributed by atoms with Gasteiger partial charge in [0.15, 0.2) is 0 Å². The molecule has 6 nitrogen and oxygen atoms in total. The van der Waals surface area contributed by atoms with E-state index in [0.717, 1.165) is 22.3 Å². The van der Waals surface area contributed by atoms with E-state index in [1.54, 1.807) is 37.4 Å². The Kier molecular flexibility index (Phi) is 6.32. The number of fused-ring (bicyclic) bond motifs is 1. The maximum Gasteiger partial charge on any atom is 0.330 e. The fourth-order valence-electron chi connectivity index (χ4n) is 4.89. The second-order valence-corrected chi connectivity index (χ2v) is 10.2. The minimum atomic E-state index is -1.49. The number of aliphatic carboxylic acids is 1. The monoisotopic (exact) mass is 473 g/mol. The number of carboxylic acid groups (broad SMARTS) is 1. The lowest BCUT2D eigenvalue weighted by molar-refractivity contribution is -0.151. The van der Waals surface area contributed by atoms with Crippen LogP contribution in [-0.2, 0) is 29.6 Å². The summed E-state index contributed by atoms with van der Waals surface area (Å²) in [5, 5.41) is 20.6. The molecular formula is C29H31NO5. The Labute approximate surface area is 205 Å². The Balaban J connectivity index is 1.84. The van der Waals surface area contributed by atoms with Crippen LogP contribution in [0.2, 0.25) is 0 Å². The standard InChI is InChI=1S/C29H31NO5/c1-28(2,3)24-13-11-20(15-25(24)35-4)26(32)30-18-22-14-23(31)12-10-21(22)17-29(30,27(33)34)16-19-8-6-5-7-9-19/h5-15,31H,16-18H2,1-4H3,(H,33,34). The molecule has 3 aromatic rings. The minimum absolute atomic E-state index is 0.0744. The Morgan fingerprint density at radius 2 is 1.71 bits per heavy atom. The number of carbonyl (C=O) groups is 2. The molecule has 0 saturated carbocycles. The van der Waals surface area contributed by atoms with Crippen LogP contribution in [0.4, 0.5) is 0 Å². The van der Waals surface area contributed by atoms with E-state index >= 15 is 0 Å². The number of hydrogen-bond acceptors (Lipinski definition) is 4. The summed E-state index contributed by atoms with van der Waals surface area (Å²) in [5.74, 6) is -0.789. The van der Waals surface area contributed by atoms with Gasteiger partial charge < -0.3 is 19.8 Å². The van der Waals surface area contributed by atoms with Gasteiger partial charge in [-0.15, -0.1) is 0 Å². The molecule has 0 bridgehead atoms. The zero-order valence-electron chi connectivity index (χ0n) is 20.5. The number of methoxy groups -OCH3 is 1. The van der Waals surface area contributed by atoms with Gasteiger partial charge in [-0.3, -0.25) is 4.79 Å². The maximum absolute atomic E-state index is 14.0. The summed E-state index contributed by atoms with van der Waals surface area (Å²) in [6, 6.07) is 19.6. The first kappa shape index (κ1) is 24.3. The number of amides is 1. The lowest BCUT2D eigenvalue weighted by Crippen LogP contribution is -2.61. The Bertz CT molecular complexity index is 1260. The van der Waals surface area contributed by atoms with Gasteiger partial charge in [0.05, 0.1) is 7.11 Å². The molecule has 2 N–H and O–H groups in total. The van der Waals surface area contributed by atoms with Crippen molar-refractivity contribution in [2.45, 2.75) is 51.1 Å². The highest BCUT2D eigenvalue weighted by Crippen LogP contribution is 2.38. The van der Waals surface area contributed by atoms with Crippen LogP contribution in [0.3, 0.4) is 0 Å². The number of phenolic OH excluding ortho intramolecular Hbond substituents is 1. The highest BCUT2D eigenvalue weighted by molar-refractivity contribution is 5.99. The molecule has 1 amide bonds. The number of phenols is 1. The third-order valence-corrected chi connectivity index (χ3v) is 6.76. The smallest absolute Gasteiger partial charge is 0.330 e. The van der Waals surface area contributed by atoms with Crippen molar-refractivity contribution in [3.63, 3.8) is 0 Å². The molecular weight excluding hydrogens is 442 g/mol. The van der Waals surface area contributed by atoms with Crippen molar-refractivity contribution in [2.75, 3.05) is 7.11 Å². The fraction of sp³-hybridized carbons (Fsp3) is 0.310. The van der Waals surface area contributed by atoms with Gasteiger partial charge >= 0.3 is 5.97 Å². The predicted molar refractivity (Wildman–Crippen MR) is 134 cm³/mol. The number of benzene rings is 3. The van der Waals surface area contributed by atoms with Crippen molar-refractivity contribution in [2.24, 2.45) is 0 Å². The van der Waals surface area contributed by atoms with Gasteiger partial charge in [-0.1, -0.05) is 63.2 Å². The van der Waals surface area contributed by atoms with Gasteiger partial charge in [-0.2, -0.15) is 0 Å². The Morgan fingerprint density at radius 1 is 1.00 bits per heavy atom. The first-order valence-electron chi connectivity index (χ1n) is 11.6. The van der Waals surface area contributed by atoms with Gasteiger partial charge in [0, 0.05) is 24.9 Å². The fourth-order valence-corrected chi connectivity index (χ4v) is 4.89. The zero-order chi connectivity index (χ0) is 25.4. The van der Waals surface area contributed by atoms with Crippen molar-refractivity contribution in [3.8, 4) is 11.5 Å². The normalized spacial score (nSPS) is 17.5. The van der Waals surface area contributed by atoms with E-state index < -0.39 is 17.4 Å². The third kappa shape index (κ3) is 4.61. The molecule has 1 aliphatic rings. The number of aromatic hydroxyl groups is 1. The molecule has 1 atom stereocenters. The summed E-state index contributed by atoms with van der Waals surface area (Å²) in [5.41, 5.74) is 2.02. The highest BCUT2D eigenvalue weighted by atomic mass is 16.5. The van der Waals surface area contributed by atoms with Gasteiger partial charge in [0.25, 0.3) is 5.91 Å². The predicted octanol–water partition coefficient (Wildman–Crippen LogP) is 4.96. The van der Waals surface area contributed by atoms with E-state index in [4.69, 9.17) is 4.74 Å². The van der Waals surface area contributed by atoms with Crippen molar-refractivity contribution in [3.05, 3.63) is 94.5 Å². The summed E-state index contributed by atoms with van der Waals surface area (Å²) >= 11 is 0. The molecule has 1 aliphatic heterocycles. The average Bonchev–Trinajstić information content (AvgIpc) is 2.82. The highest BCUT2D eigenvalue weighted by Gasteiger charge is 2.50. The third-order valence-electron chi connectivity index (χ3n) is 6.76. The summed E-state index contributed by atoms with van der Waals surface area (Å²) in [4.78, 5) is 28.4. The van der Waals surface area contributed by atoms with Gasteiger partial charge in [0.2, 0.25) is 0 Å². The summed E-state index contributed by atoms with van der Waals surface area (Å²) in [6.07, 6.45) is 0.294. The van der Waals surface area contributed by atoms with Crippen molar-refractivity contribution in [1.29, 1.82) is 0 Å². The van der Waals surface area contributed by atoms with Crippen LogP contribution in [0.5, 0.6) is 11.5 Å². The number of hydrogen-bond donors (Lipinski definition) is 2. The number of nitrogens with zero attached hydrogens (tertiary/aromatic N) is 1. The van der Waals surface area contributed by atoms with E-state index in [9.17, 15) is 19.8 Å². The molecule has 35 heavy (non-hydrogen) atoms. The Morgan fingerprint density at radius 3 is 2.34 bits per heavy atom. The number of carbonyl (C=O) groups excluding carboxylic acids is 1. The van der Waals surface area contributed by atoms with E-state index in [-0.39, 0.29) is 30.6 Å². The van der Waals surface area contributed by atoms with Crippen LogP contribution in [0.1, 0.15) is 53.4 Å². The molecule has 6 heteroatoms. The SMILES string of the molecule is COc1cc(C(=O)N2Cc3cc(O)ccc3CC2(Cc2ccccc2)C(=O)O)ccc1C(C)(C)C. The maximum atomic E-state index is 14.0. The molecule has 0 aromatic heterocycles. The van der Waals surface area contributed by atoms with Gasteiger partial charge in [0.1, 0.15) is 17.0 Å².